The maximum Gasteiger partial charge on any atom is 0.335 e. The lowest BCUT2D eigenvalue weighted by molar-refractivity contribution is -0.133. The number of amides is 1. The molecule has 2 rings (SSSR count). The van der Waals surface area contributed by atoms with Crippen LogP contribution < -0.4 is 0 Å². The Balaban J connectivity index is 1.96. The maximum absolute atomic E-state index is 12.4. The average molecular weight is 303 g/mol. The summed E-state index contributed by atoms with van der Waals surface area (Å²) in [5, 5.41) is 9.18. The van der Waals surface area contributed by atoms with Crippen LogP contribution in [0.5, 0.6) is 0 Å². The summed E-state index contributed by atoms with van der Waals surface area (Å²) in [6, 6.07) is 7.25. The number of benzene rings is 1. The first-order valence-electron chi connectivity index (χ1n) is 8.07. The molecular formula is C18H25NO3. The van der Waals surface area contributed by atoms with Gasteiger partial charge in [-0.2, -0.15) is 0 Å². The van der Waals surface area contributed by atoms with Gasteiger partial charge in [-0.1, -0.05) is 38.0 Å². The highest BCUT2D eigenvalue weighted by atomic mass is 16.4. The highest BCUT2D eigenvalue weighted by molar-refractivity contribution is 5.89. The quantitative estimate of drug-likeness (QED) is 0.907. The van der Waals surface area contributed by atoms with E-state index in [1.54, 1.807) is 18.2 Å². The number of hydrogen-bond donors (Lipinski definition) is 1. The molecule has 1 aromatic rings. The van der Waals surface area contributed by atoms with Crippen LogP contribution in [0.4, 0.5) is 0 Å². The lowest BCUT2D eigenvalue weighted by atomic mass is 9.85. The number of carboxylic acids is 1. The first-order valence-corrected chi connectivity index (χ1v) is 8.07. The zero-order valence-corrected chi connectivity index (χ0v) is 13.4. The second-order valence-corrected chi connectivity index (χ2v) is 6.30. The van der Waals surface area contributed by atoms with Crippen LogP contribution in [0.15, 0.2) is 24.3 Å². The molecule has 0 spiro atoms. The largest absolute Gasteiger partial charge is 0.478 e. The molecular weight excluding hydrogens is 278 g/mol. The molecule has 1 saturated carbocycles. The Labute approximate surface area is 132 Å². The third kappa shape index (κ3) is 3.87. The molecule has 0 unspecified atom stereocenters. The van der Waals surface area contributed by atoms with Gasteiger partial charge in [0.05, 0.1) is 5.56 Å². The van der Waals surface area contributed by atoms with Gasteiger partial charge in [0, 0.05) is 19.5 Å². The van der Waals surface area contributed by atoms with Crippen molar-refractivity contribution in [2.24, 2.45) is 5.92 Å². The molecule has 1 aromatic carbocycles. The average Bonchev–Trinajstić information content (AvgIpc) is 2.52. The summed E-state index contributed by atoms with van der Waals surface area (Å²) in [7, 11) is 1.89. The highest BCUT2D eigenvalue weighted by Gasteiger charge is 2.27. The lowest BCUT2D eigenvalue weighted by Gasteiger charge is -2.36. The van der Waals surface area contributed by atoms with Crippen LogP contribution in [-0.2, 0) is 11.2 Å². The molecule has 1 amide bonds. The van der Waals surface area contributed by atoms with Crippen LogP contribution >= 0.6 is 0 Å². The van der Waals surface area contributed by atoms with Gasteiger partial charge < -0.3 is 10.0 Å². The molecule has 22 heavy (non-hydrogen) atoms. The highest BCUT2D eigenvalue weighted by Crippen LogP contribution is 2.27. The molecule has 4 nitrogen and oxygen atoms in total. The topological polar surface area (TPSA) is 57.6 Å². The molecule has 0 bridgehead atoms. The van der Waals surface area contributed by atoms with E-state index >= 15 is 0 Å². The Bertz CT molecular complexity index is 541. The summed E-state index contributed by atoms with van der Waals surface area (Å²) in [6.07, 6.45) is 5.55. The zero-order chi connectivity index (χ0) is 16.1. The molecule has 2 atom stereocenters. The Kier molecular flexibility index (Phi) is 5.58. The molecule has 1 aliphatic rings. The van der Waals surface area contributed by atoms with Crippen molar-refractivity contribution in [3.63, 3.8) is 0 Å². The number of hydrogen-bond acceptors (Lipinski definition) is 2. The minimum atomic E-state index is -0.933. The van der Waals surface area contributed by atoms with Crippen LogP contribution in [0.2, 0.25) is 0 Å². The molecule has 0 saturated heterocycles. The van der Waals surface area contributed by atoms with E-state index in [9.17, 15) is 14.7 Å². The van der Waals surface area contributed by atoms with Gasteiger partial charge in [-0.05, 0) is 36.8 Å². The fraction of sp³-hybridized carbons (Fsp3) is 0.556. The lowest BCUT2D eigenvalue weighted by Crippen LogP contribution is -2.42. The van der Waals surface area contributed by atoms with E-state index in [2.05, 4.69) is 6.92 Å². The van der Waals surface area contributed by atoms with Crippen LogP contribution in [0, 0.1) is 5.92 Å². The van der Waals surface area contributed by atoms with Crippen molar-refractivity contribution in [2.45, 2.75) is 51.5 Å². The molecule has 1 N–H and O–H groups in total. The smallest absolute Gasteiger partial charge is 0.335 e. The molecule has 1 fully saturated rings. The maximum atomic E-state index is 12.4. The van der Waals surface area contributed by atoms with E-state index < -0.39 is 5.97 Å². The van der Waals surface area contributed by atoms with Crippen molar-refractivity contribution in [2.75, 3.05) is 7.05 Å². The van der Waals surface area contributed by atoms with Gasteiger partial charge in [0.1, 0.15) is 0 Å². The summed E-state index contributed by atoms with van der Waals surface area (Å²) < 4.78 is 0. The van der Waals surface area contributed by atoms with Crippen LogP contribution in [-0.4, -0.2) is 35.0 Å². The standard InChI is InChI=1S/C18H25NO3/c1-13-7-3-6-10-16(13)19(2)17(20)12-11-14-8-4-5-9-15(14)18(21)22/h4-5,8-9,13,16H,3,6-7,10-12H2,1-2H3,(H,21,22)/t13-,16-/m0/s1. The van der Waals surface area contributed by atoms with E-state index in [0.717, 1.165) is 12.0 Å². The Morgan fingerprint density at radius 1 is 1.23 bits per heavy atom. The zero-order valence-electron chi connectivity index (χ0n) is 13.4. The van der Waals surface area contributed by atoms with Crippen LogP contribution in [0.25, 0.3) is 0 Å². The SMILES string of the molecule is C[C@H]1CCCC[C@@H]1N(C)C(=O)CCc1ccccc1C(=O)O. The number of carbonyl (C=O) groups is 2. The molecule has 120 valence electrons. The number of carbonyl (C=O) groups excluding carboxylic acids is 1. The third-order valence-corrected chi connectivity index (χ3v) is 4.81. The fourth-order valence-electron chi connectivity index (χ4n) is 3.42. The van der Waals surface area contributed by atoms with Crippen molar-refractivity contribution in [1.82, 2.24) is 4.90 Å². The number of carboxylic acid groups (broad SMARTS) is 1. The molecule has 0 aliphatic heterocycles. The van der Waals surface area contributed by atoms with Gasteiger partial charge in [0.2, 0.25) is 5.91 Å². The Morgan fingerprint density at radius 3 is 2.59 bits per heavy atom. The molecule has 0 radical (unpaired) electrons. The second kappa shape index (κ2) is 7.43. The summed E-state index contributed by atoms with van der Waals surface area (Å²) in [5.41, 5.74) is 1.03. The summed E-state index contributed by atoms with van der Waals surface area (Å²) in [5.74, 6) is -0.273. The van der Waals surface area contributed by atoms with Crippen LogP contribution in [0.1, 0.15) is 54.9 Å². The van der Waals surface area contributed by atoms with Gasteiger partial charge in [-0.3, -0.25) is 4.79 Å². The first kappa shape index (κ1) is 16.5. The van der Waals surface area contributed by atoms with Gasteiger partial charge in [-0.15, -0.1) is 0 Å². The van der Waals surface area contributed by atoms with Crippen molar-refractivity contribution >= 4 is 11.9 Å². The van der Waals surface area contributed by atoms with Gasteiger partial charge in [0.25, 0.3) is 0 Å². The van der Waals surface area contributed by atoms with E-state index in [-0.39, 0.29) is 5.91 Å². The predicted octanol–water partition coefficient (Wildman–Crippen LogP) is 3.35. The minimum Gasteiger partial charge on any atom is -0.478 e. The van der Waals surface area contributed by atoms with Crippen molar-refractivity contribution in [3.05, 3.63) is 35.4 Å². The second-order valence-electron chi connectivity index (χ2n) is 6.30. The number of aromatic carboxylic acids is 1. The minimum absolute atomic E-state index is 0.110. The van der Waals surface area contributed by atoms with Crippen molar-refractivity contribution in [1.29, 1.82) is 0 Å². The van der Waals surface area contributed by atoms with Gasteiger partial charge >= 0.3 is 5.97 Å². The molecule has 1 aliphatic carbocycles. The molecule has 0 aromatic heterocycles. The molecule has 4 heteroatoms. The Hall–Kier alpha value is -1.84. The summed E-state index contributed by atoms with van der Waals surface area (Å²) >= 11 is 0. The summed E-state index contributed by atoms with van der Waals surface area (Å²) in [6.45, 7) is 2.22. The Morgan fingerprint density at radius 2 is 1.91 bits per heavy atom. The first-order chi connectivity index (χ1) is 10.5. The third-order valence-electron chi connectivity index (χ3n) is 4.81. The number of nitrogens with zero attached hydrogens (tertiary/aromatic N) is 1. The molecule has 0 heterocycles. The fourth-order valence-corrected chi connectivity index (χ4v) is 3.42. The number of aryl methyl sites for hydroxylation is 1. The van der Waals surface area contributed by atoms with E-state index in [4.69, 9.17) is 0 Å². The summed E-state index contributed by atoms with van der Waals surface area (Å²) in [4.78, 5) is 25.5. The predicted molar refractivity (Wildman–Crippen MR) is 85.9 cm³/mol. The van der Waals surface area contributed by atoms with E-state index in [1.165, 1.54) is 19.3 Å². The van der Waals surface area contributed by atoms with Gasteiger partial charge in [0.15, 0.2) is 0 Å². The van der Waals surface area contributed by atoms with Gasteiger partial charge in [-0.25, -0.2) is 4.79 Å². The van der Waals surface area contributed by atoms with Crippen molar-refractivity contribution < 1.29 is 14.7 Å². The van der Waals surface area contributed by atoms with Crippen LogP contribution in [0.3, 0.4) is 0 Å². The number of rotatable bonds is 5. The van der Waals surface area contributed by atoms with E-state index in [1.807, 2.05) is 18.0 Å². The monoisotopic (exact) mass is 303 g/mol. The van der Waals surface area contributed by atoms with E-state index in [0.29, 0.717) is 30.4 Å². The van der Waals surface area contributed by atoms with Crippen molar-refractivity contribution in [3.8, 4) is 0 Å². The normalized spacial score (nSPS) is 21.4.